The number of aryl methyl sites for hydroxylation is 1. The van der Waals surface area contributed by atoms with E-state index >= 15 is 0 Å². The molecule has 1 amide bonds. The summed E-state index contributed by atoms with van der Waals surface area (Å²) < 4.78 is 1.97. The number of hydrogen-bond donors (Lipinski definition) is 1. The lowest BCUT2D eigenvalue weighted by Gasteiger charge is -2.06. The van der Waals surface area contributed by atoms with Crippen molar-refractivity contribution >= 4 is 17.7 Å². The lowest BCUT2D eigenvalue weighted by Crippen LogP contribution is -2.29. The van der Waals surface area contributed by atoms with E-state index in [1.807, 2.05) is 31.7 Å². The van der Waals surface area contributed by atoms with Gasteiger partial charge in [0.1, 0.15) is 0 Å². The van der Waals surface area contributed by atoms with Crippen LogP contribution in [0.1, 0.15) is 13.8 Å². The third kappa shape index (κ3) is 3.95. The van der Waals surface area contributed by atoms with Crippen molar-refractivity contribution in [3.05, 3.63) is 12.4 Å². The molecule has 5 heteroatoms. The molecule has 0 aromatic carbocycles. The summed E-state index contributed by atoms with van der Waals surface area (Å²) in [6.07, 6.45) is 3.68. The van der Waals surface area contributed by atoms with Gasteiger partial charge in [0.15, 0.2) is 5.16 Å². The molecule has 0 atom stereocenters. The zero-order valence-corrected chi connectivity index (χ0v) is 10.2. The third-order valence-corrected chi connectivity index (χ3v) is 2.99. The van der Waals surface area contributed by atoms with Crippen LogP contribution in [0.4, 0.5) is 0 Å². The van der Waals surface area contributed by atoms with E-state index in [9.17, 15) is 4.79 Å². The van der Waals surface area contributed by atoms with Crippen LogP contribution in [0.3, 0.4) is 0 Å². The zero-order valence-electron chi connectivity index (χ0n) is 9.36. The Hall–Kier alpha value is -0.970. The van der Waals surface area contributed by atoms with Crippen molar-refractivity contribution in [3.8, 4) is 0 Å². The third-order valence-electron chi connectivity index (χ3n) is 1.93. The Balaban J connectivity index is 2.18. The van der Waals surface area contributed by atoms with Crippen molar-refractivity contribution in [1.29, 1.82) is 0 Å². The number of thioether (sulfide) groups is 1. The molecular weight excluding hydrogens is 210 g/mol. The van der Waals surface area contributed by atoms with Gasteiger partial charge in [-0.25, -0.2) is 4.98 Å². The van der Waals surface area contributed by atoms with Crippen LogP contribution < -0.4 is 5.32 Å². The second-order valence-electron chi connectivity index (χ2n) is 3.61. The molecule has 0 fully saturated rings. The van der Waals surface area contributed by atoms with Crippen LogP contribution in [0.15, 0.2) is 17.6 Å². The quantitative estimate of drug-likeness (QED) is 0.609. The topological polar surface area (TPSA) is 46.9 Å². The van der Waals surface area contributed by atoms with Gasteiger partial charge in [0.25, 0.3) is 0 Å². The van der Waals surface area contributed by atoms with E-state index in [0.29, 0.717) is 6.54 Å². The average molecular weight is 227 g/mol. The number of aromatic nitrogens is 2. The fourth-order valence-corrected chi connectivity index (χ4v) is 1.80. The molecule has 0 aliphatic rings. The van der Waals surface area contributed by atoms with Crippen molar-refractivity contribution in [2.24, 2.45) is 13.0 Å². The van der Waals surface area contributed by atoms with Gasteiger partial charge >= 0.3 is 0 Å². The molecule has 1 rings (SSSR count). The molecule has 0 radical (unpaired) electrons. The van der Waals surface area contributed by atoms with Crippen molar-refractivity contribution < 1.29 is 4.79 Å². The normalized spacial score (nSPS) is 10.7. The Labute approximate surface area is 94.5 Å². The van der Waals surface area contributed by atoms with Gasteiger partial charge in [-0.15, -0.1) is 0 Å². The fourth-order valence-electron chi connectivity index (χ4n) is 1.01. The summed E-state index contributed by atoms with van der Waals surface area (Å²) >= 11 is 1.64. The first kappa shape index (κ1) is 12.1. The maximum Gasteiger partial charge on any atom is 0.222 e. The lowest BCUT2D eigenvalue weighted by molar-refractivity contribution is -0.123. The Kier molecular flexibility index (Phi) is 4.68. The minimum absolute atomic E-state index is 0.0585. The Morgan fingerprint density at radius 1 is 1.67 bits per heavy atom. The molecule has 4 nitrogen and oxygen atoms in total. The molecule has 0 bridgehead atoms. The predicted molar refractivity (Wildman–Crippen MR) is 61.8 cm³/mol. The summed E-state index contributed by atoms with van der Waals surface area (Å²) in [5.41, 5.74) is 0. The van der Waals surface area contributed by atoms with E-state index in [4.69, 9.17) is 0 Å². The molecule has 0 aliphatic heterocycles. The van der Waals surface area contributed by atoms with E-state index in [-0.39, 0.29) is 11.8 Å². The van der Waals surface area contributed by atoms with Crippen molar-refractivity contribution in [1.82, 2.24) is 14.9 Å². The highest BCUT2D eigenvalue weighted by Gasteiger charge is 2.05. The van der Waals surface area contributed by atoms with Gasteiger partial charge in [-0.1, -0.05) is 25.6 Å². The number of amides is 1. The molecule has 1 aromatic rings. The monoisotopic (exact) mass is 227 g/mol. The number of nitrogens with zero attached hydrogens (tertiary/aromatic N) is 2. The molecular formula is C10H17N3OS. The summed E-state index contributed by atoms with van der Waals surface area (Å²) in [6, 6.07) is 0. The first-order valence-corrected chi connectivity index (χ1v) is 5.97. The largest absolute Gasteiger partial charge is 0.355 e. The Morgan fingerprint density at radius 2 is 2.40 bits per heavy atom. The molecule has 0 aliphatic carbocycles. The van der Waals surface area contributed by atoms with E-state index in [1.165, 1.54) is 0 Å². The van der Waals surface area contributed by atoms with Crippen molar-refractivity contribution in [2.45, 2.75) is 19.0 Å². The molecule has 84 valence electrons. The molecule has 1 heterocycles. The molecule has 0 saturated carbocycles. The summed E-state index contributed by atoms with van der Waals surface area (Å²) in [5, 5.41) is 3.85. The highest BCUT2D eigenvalue weighted by atomic mass is 32.2. The predicted octanol–water partition coefficient (Wildman–Crippen LogP) is 1.28. The summed E-state index contributed by atoms with van der Waals surface area (Å²) in [4.78, 5) is 15.4. The number of nitrogens with one attached hydrogen (secondary N) is 1. The second kappa shape index (κ2) is 5.80. The first-order valence-electron chi connectivity index (χ1n) is 4.99. The van der Waals surface area contributed by atoms with Crippen molar-refractivity contribution in [2.75, 3.05) is 12.3 Å². The number of carbonyl (C=O) groups excluding carboxylic acids is 1. The van der Waals surface area contributed by atoms with Crippen LogP contribution >= 0.6 is 11.8 Å². The number of carbonyl (C=O) groups is 1. The van der Waals surface area contributed by atoms with Gasteiger partial charge in [-0.3, -0.25) is 4.79 Å². The van der Waals surface area contributed by atoms with Gasteiger partial charge in [-0.2, -0.15) is 0 Å². The number of rotatable bonds is 5. The first-order chi connectivity index (χ1) is 7.11. The maximum absolute atomic E-state index is 11.2. The highest BCUT2D eigenvalue weighted by molar-refractivity contribution is 7.99. The van der Waals surface area contributed by atoms with E-state index < -0.39 is 0 Å². The van der Waals surface area contributed by atoms with Gasteiger partial charge in [0.2, 0.25) is 5.91 Å². The molecule has 1 aromatic heterocycles. The van der Waals surface area contributed by atoms with Crippen LogP contribution in [-0.2, 0) is 11.8 Å². The molecule has 0 spiro atoms. The fraction of sp³-hybridized carbons (Fsp3) is 0.600. The summed E-state index contributed by atoms with van der Waals surface area (Å²) in [6.45, 7) is 4.47. The summed E-state index contributed by atoms with van der Waals surface area (Å²) in [7, 11) is 1.96. The van der Waals surface area contributed by atoms with E-state index in [2.05, 4.69) is 10.3 Å². The van der Waals surface area contributed by atoms with E-state index in [1.54, 1.807) is 18.0 Å². The van der Waals surface area contributed by atoms with Crippen LogP contribution in [0.2, 0.25) is 0 Å². The van der Waals surface area contributed by atoms with Crippen LogP contribution in [0.5, 0.6) is 0 Å². The molecule has 0 saturated heterocycles. The van der Waals surface area contributed by atoms with Crippen LogP contribution in [0, 0.1) is 5.92 Å². The minimum atomic E-state index is 0.0585. The SMILES string of the molecule is CC(C)C(=O)NCCSc1nccn1C. The van der Waals surface area contributed by atoms with Gasteiger partial charge in [0.05, 0.1) is 0 Å². The summed E-state index contributed by atoms with van der Waals surface area (Å²) in [5.74, 6) is 1.02. The van der Waals surface area contributed by atoms with Gasteiger partial charge < -0.3 is 9.88 Å². The van der Waals surface area contributed by atoms with Crippen LogP contribution in [-0.4, -0.2) is 27.8 Å². The number of imidazole rings is 1. The van der Waals surface area contributed by atoms with Gasteiger partial charge in [-0.05, 0) is 0 Å². The van der Waals surface area contributed by atoms with Crippen molar-refractivity contribution in [3.63, 3.8) is 0 Å². The van der Waals surface area contributed by atoms with Gasteiger partial charge in [0, 0.05) is 37.7 Å². The minimum Gasteiger partial charge on any atom is -0.355 e. The standard InChI is InChI=1S/C10H17N3OS/c1-8(2)9(14)11-5-7-15-10-12-4-6-13(10)3/h4,6,8H,5,7H2,1-3H3,(H,11,14). The molecule has 0 unspecified atom stereocenters. The second-order valence-corrected chi connectivity index (χ2v) is 4.68. The number of hydrogen-bond acceptors (Lipinski definition) is 3. The molecule has 15 heavy (non-hydrogen) atoms. The Bertz CT molecular complexity index is 322. The zero-order chi connectivity index (χ0) is 11.3. The Morgan fingerprint density at radius 3 is 2.93 bits per heavy atom. The smallest absolute Gasteiger partial charge is 0.222 e. The average Bonchev–Trinajstić information content (AvgIpc) is 2.58. The molecule has 1 N–H and O–H groups in total. The lowest BCUT2D eigenvalue weighted by atomic mass is 10.2. The maximum atomic E-state index is 11.2. The van der Waals surface area contributed by atoms with Crippen LogP contribution in [0.25, 0.3) is 0 Å². The van der Waals surface area contributed by atoms with E-state index in [0.717, 1.165) is 10.9 Å². The highest BCUT2D eigenvalue weighted by Crippen LogP contribution is 2.12.